The summed E-state index contributed by atoms with van der Waals surface area (Å²) in [7, 11) is 4.00. The quantitative estimate of drug-likeness (QED) is 0.170. The summed E-state index contributed by atoms with van der Waals surface area (Å²) in [4.78, 5) is 15.7. The first-order valence-corrected chi connectivity index (χ1v) is 12.5. The molecule has 0 bridgehead atoms. The number of nitrogens with zero attached hydrogens (tertiary/aromatic N) is 4. The van der Waals surface area contributed by atoms with Gasteiger partial charge in [-0.2, -0.15) is 5.10 Å². The number of amides is 1. The smallest absolute Gasteiger partial charge is 0.256 e. The summed E-state index contributed by atoms with van der Waals surface area (Å²) in [6.07, 6.45) is 3.51. The number of nitrogens with one attached hydrogen (secondary N) is 1. The van der Waals surface area contributed by atoms with Crippen LogP contribution in [0.2, 0.25) is 5.02 Å². The number of benzene rings is 3. The van der Waals surface area contributed by atoms with Gasteiger partial charge in [0.05, 0.1) is 11.9 Å². The number of hydrogen-bond donors (Lipinski definition) is 1. The van der Waals surface area contributed by atoms with Crippen molar-refractivity contribution in [1.29, 1.82) is 0 Å². The van der Waals surface area contributed by atoms with Gasteiger partial charge in [0.25, 0.3) is 5.91 Å². The van der Waals surface area contributed by atoms with Gasteiger partial charge in [-0.15, -0.1) is 11.7 Å². The number of thiazole rings is 1. The molecule has 8 heteroatoms. The van der Waals surface area contributed by atoms with Crippen LogP contribution < -0.4 is 15.0 Å². The van der Waals surface area contributed by atoms with E-state index in [0.717, 1.165) is 22.5 Å². The Balaban J connectivity index is 1.74. The van der Waals surface area contributed by atoms with E-state index in [9.17, 15) is 4.79 Å². The zero-order chi connectivity index (χ0) is 25.5. The third kappa shape index (κ3) is 6.00. The molecule has 0 unspecified atom stereocenters. The molecule has 1 amide bonds. The molecule has 182 valence electrons. The molecule has 0 atom stereocenters. The highest BCUT2D eigenvalue weighted by Crippen LogP contribution is 2.31. The summed E-state index contributed by atoms with van der Waals surface area (Å²) in [6.45, 7) is 4.41. The number of hydrogen-bond acceptors (Lipinski definition) is 5. The van der Waals surface area contributed by atoms with Crippen LogP contribution in [0.5, 0.6) is 0 Å². The number of carbonyl (C=O) groups is 1. The first-order valence-electron chi connectivity index (χ1n) is 11.3. The van der Waals surface area contributed by atoms with Crippen LogP contribution >= 0.6 is 22.9 Å². The molecule has 1 aromatic heterocycles. The molecular formula is C28H26ClN5OS. The van der Waals surface area contributed by atoms with Gasteiger partial charge in [-0.1, -0.05) is 71.5 Å². The number of halogens is 1. The van der Waals surface area contributed by atoms with Gasteiger partial charge in [0.1, 0.15) is 5.00 Å². The van der Waals surface area contributed by atoms with Crippen LogP contribution in [-0.2, 0) is 6.54 Å². The minimum absolute atomic E-state index is 0.230. The van der Waals surface area contributed by atoms with Gasteiger partial charge in [0.2, 0.25) is 4.80 Å². The van der Waals surface area contributed by atoms with Crippen LogP contribution in [0.1, 0.15) is 15.9 Å². The number of allylic oxidation sites excluding steroid dienone is 1. The van der Waals surface area contributed by atoms with E-state index in [1.54, 1.807) is 36.6 Å². The van der Waals surface area contributed by atoms with Gasteiger partial charge >= 0.3 is 0 Å². The van der Waals surface area contributed by atoms with Crippen molar-refractivity contribution in [3.05, 3.63) is 112 Å². The lowest BCUT2D eigenvalue weighted by atomic mass is 10.1. The van der Waals surface area contributed by atoms with Crippen LogP contribution in [-0.4, -0.2) is 30.8 Å². The summed E-state index contributed by atoms with van der Waals surface area (Å²) in [5, 5.41) is 13.1. The van der Waals surface area contributed by atoms with Gasteiger partial charge in [0.15, 0.2) is 0 Å². The topological polar surface area (TPSA) is 62.0 Å². The summed E-state index contributed by atoms with van der Waals surface area (Å²) in [5.41, 5.74) is 4.36. The summed E-state index contributed by atoms with van der Waals surface area (Å²) in [6, 6.07) is 24.7. The maximum atomic E-state index is 13.0. The predicted molar refractivity (Wildman–Crippen MR) is 151 cm³/mol. The number of anilines is 2. The van der Waals surface area contributed by atoms with E-state index in [2.05, 4.69) is 22.1 Å². The van der Waals surface area contributed by atoms with Crippen LogP contribution in [0.15, 0.2) is 102 Å². The van der Waals surface area contributed by atoms with E-state index in [1.807, 2.05) is 78.2 Å². The molecule has 0 fully saturated rings. The molecule has 4 aromatic rings. The van der Waals surface area contributed by atoms with Crippen molar-refractivity contribution >= 4 is 45.7 Å². The Labute approximate surface area is 219 Å². The van der Waals surface area contributed by atoms with Crippen LogP contribution in [0.3, 0.4) is 0 Å². The number of rotatable bonds is 8. The summed E-state index contributed by atoms with van der Waals surface area (Å²) < 4.78 is 2.00. The zero-order valence-electron chi connectivity index (χ0n) is 20.1. The molecule has 0 aliphatic carbocycles. The molecule has 6 nitrogen and oxygen atoms in total. The fourth-order valence-electron chi connectivity index (χ4n) is 3.53. The third-order valence-electron chi connectivity index (χ3n) is 5.36. The van der Waals surface area contributed by atoms with E-state index in [0.29, 0.717) is 26.9 Å². The molecule has 4 rings (SSSR count). The molecule has 0 aliphatic rings. The number of aromatic nitrogens is 1. The predicted octanol–water partition coefficient (Wildman–Crippen LogP) is 6.31. The highest BCUT2D eigenvalue weighted by atomic mass is 35.5. The third-order valence-corrected chi connectivity index (χ3v) is 6.60. The highest BCUT2D eigenvalue weighted by molar-refractivity contribution is 7.14. The van der Waals surface area contributed by atoms with Crippen molar-refractivity contribution in [3.8, 4) is 11.3 Å². The molecule has 0 saturated carbocycles. The Morgan fingerprint density at radius 3 is 2.39 bits per heavy atom. The van der Waals surface area contributed by atoms with Crippen molar-refractivity contribution in [2.45, 2.75) is 6.54 Å². The van der Waals surface area contributed by atoms with E-state index < -0.39 is 0 Å². The molecule has 1 N–H and O–H groups in total. The first kappa shape index (κ1) is 25.2. The summed E-state index contributed by atoms with van der Waals surface area (Å²) >= 11 is 7.34. The van der Waals surface area contributed by atoms with E-state index in [4.69, 9.17) is 11.6 Å². The maximum Gasteiger partial charge on any atom is 0.256 e. The van der Waals surface area contributed by atoms with Crippen molar-refractivity contribution in [1.82, 2.24) is 4.57 Å². The standard InChI is InChI=1S/C28H26ClN5OS/c1-4-18-34-25(21-8-6-5-7-9-21)27(31-26(35)22-12-14-23(29)15-13-22)36-28(34)32-30-19-20-10-16-24(17-11-20)33(2)3/h4-17,19H,1,18H2,2-3H3,(H,31,35)/b30-19-,32-28+. The van der Waals surface area contributed by atoms with E-state index in [-0.39, 0.29) is 5.91 Å². The average Bonchev–Trinajstić information content (AvgIpc) is 3.21. The Morgan fingerprint density at radius 1 is 1.06 bits per heavy atom. The van der Waals surface area contributed by atoms with Gasteiger partial charge in [-0.05, 0) is 42.0 Å². The minimum atomic E-state index is -0.230. The molecule has 3 aromatic carbocycles. The van der Waals surface area contributed by atoms with Crippen molar-refractivity contribution < 1.29 is 4.79 Å². The van der Waals surface area contributed by atoms with Gasteiger partial charge < -0.3 is 14.8 Å². The highest BCUT2D eigenvalue weighted by Gasteiger charge is 2.18. The van der Waals surface area contributed by atoms with Crippen molar-refractivity contribution in [2.75, 3.05) is 24.3 Å². The van der Waals surface area contributed by atoms with Crippen LogP contribution in [0, 0.1) is 0 Å². The molecule has 0 spiro atoms. The maximum absolute atomic E-state index is 13.0. The lowest BCUT2D eigenvalue weighted by Crippen LogP contribution is -2.15. The Kier molecular flexibility index (Phi) is 8.15. The zero-order valence-corrected chi connectivity index (χ0v) is 21.6. The number of carbonyl (C=O) groups excluding carboxylic acids is 1. The Hall–Kier alpha value is -3.94. The molecule has 36 heavy (non-hydrogen) atoms. The van der Waals surface area contributed by atoms with Gasteiger partial charge in [-0.25, -0.2) is 0 Å². The van der Waals surface area contributed by atoms with Crippen molar-refractivity contribution in [3.63, 3.8) is 0 Å². The van der Waals surface area contributed by atoms with Crippen LogP contribution in [0.4, 0.5) is 10.7 Å². The minimum Gasteiger partial charge on any atom is -0.378 e. The second-order valence-corrected chi connectivity index (χ2v) is 9.53. The second-order valence-electron chi connectivity index (χ2n) is 8.12. The average molecular weight is 516 g/mol. The molecular weight excluding hydrogens is 490 g/mol. The molecule has 0 saturated heterocycles. The molecule has 1 heterocycles. The first-order chi connectivity index (χ1) is 17.5. The molecule has 0 aliphatic heterocycles. The normalized spacial score (nSPS) is 11.6. The Bertz CT molecular complexity index is 1440. The largest absolute Gasteiger partial charge is 0.378 e. The van der Waals surface area contributed by atoms with E-state index in [1.165, 1.54) is 11.3 Å². The monoisotopic (exact) mass is 515 g/mol. The van der Waals surface area contributed by atoms with E-state index >= 15 is 0 Å². The second kappa shape index (κ2) is 11.7. The fourth-order valence-corrected chi connectivity index (χ4v) is 4.67. The lowest BCUT2D eigenvalue weighted by molar-refractivity contribution is 0.102. The summed E-state index contributed by atoms with van der Waals surface area (Å²) in [5.74, 6) is -0.230. The lowest BCUT2D eigenvalue weighted by Gasteiger charge is -2.11. The van der Waals surface area contributed by atoms with Crippen molar-refractivity contribution in [2.24, 2.45) is 10.2 Å². The van der Waals surface area contributed by atoms with Gasteiger partial charge in [-0.3, -0.25) is 4.79 Å². The molecule has 0 radical (unpaired) electrons. The Morgan fingerprint density at radius 2 is 1.75 bits per heavy atom. The van der Waals surface area contributed by atoms with Gasteiger partial charge in [0, 0.05) is 42.5 Å². The SMILES string of the molecule is C=CCn1c(-c2ccccc2)c(NC(=O)c2ccc(Cl)cc2)s/c1=N/N=C\c1ccc(N(C)C)cc1. The van der Waals surface area contributed by atoms with Crippen LogP contribution in [0.25, 0.3) is 11.3 Å². The fraction of sp³-hybridized carbons (Fsp3) is 0.107.